The summed E-state index contributed by atoms with van der Waals surface area (Å²) < 4.78 is 46.0. The van der Waals surface area contributed by atoms with Crippen LogP contribution in [0.3, 0.4) is 0 Å². The van der Waals surface area contributed by atoms with Crippen molar-refractivity contribution in [1.82, 2.24) is 4.31 Å². The van der Waals surface area contributed by atoms with Gasteiger partial charge in [0.15, 0.2) is 6.61 Å². The highest BCUT2D eigenvalue weighted by atomic mass is 32.2. The minimum Gasteiger partial charge on any atom is -0.482 e. The summed E-state index contributed by atoms with van der Waals surface area (Å²) in [4.78, 5) is 24.0. The molecule has 1 saturated heterocycles. The lowest BCUT2D eigenvalue weighted by Gasteiger charge is -2.31. The molecule has 4 rings (SSSR count). The summed E-state index contributed by atoms with van der Waals surface area (Å²) in [5, 5.41) is 5.43. The first-order valence-corrected chi connectivity index (χ1v) is 11.3. The Kier molecular flexibility index (Phi) is 5.67. The van der Waals surface area contributed by atoms with E-state index in [0.717, 1.165) is 0 Å². The molecule has 2 heterocycles. The predicted octanol–water partition coefficient (Wildman–Crippen LogP) is 2.50. The van der Waals surface area contributed by atoms with E-state index in [-0.39, 0.29) is 48.1 Å². The topological polar surface area (TPSA) is 105 Å². The van der Waals surface area contributed by atoms with Gasteiger partial charge in [0.05, 0.1) is 10.6 Å². The van der Waals surface area contributed by atoms with Crippen molar-refractivity contribution in [2.75, 3.05) is 30.3 Å². The van der Waals surface area contributed by atoms with Crippen LogP contribution in [0.15, 0.2) is 41.3 Å². The lowest BCUT2D eigenvalue weighted by molar-refractivity contribution is -0.121. The smallest absolute Gasteiger partial charge is 0.262 e. The highest BCUT2D eigenvalue weighted by Crippen LogP contribution is 2.32. The monoisotopic (exact) mass is 447 g/mol. The molecule has 1 fully saturated rings. The van der Waals surface area contributed by atoms with Crippen molar-refractivity contribution < 1.29 is 27.1 Å². The van der Waals surface area contributed by atoms with Gasteiger partial charge in [0.1, 0.15) is 11.6 Å². The van der Waals surface area contributed by atoms with Crippen LogP contribution >= 0.6 is 0 Å². The molecular formula is C21H22FN3O5S. The minimum atomic E-state index is -3.76. The Balaban J connectivity index is 1.41. The largest absolute Gasteiger partial charge is 0.482 e. The Labute approximate surface area is 179 Å². The number of piperidine rings is 1. The number of aryl methyl sites for hydroxylation is 1. The molecule has 0 saturated carbocycles. The van der Waals surface area contributed by atoms with Crippen LogP contribution in [0.1, 0.15) is 18.4 Å². The summed E-state index contributed by atoms with van der Waals surface area (Å²) >= 11 is 0. The van der Waals surface area contributed by atoms with Crippen molar-refractivity contribution in [3.8, 4) is 5.75 Å². The predicted molar refractivity (Wildman–Crippen MR) is 112 cm³/mol. The fourth-order valence-electron chi connectivity index (χ4n) is 3.72. The van der Waals surface area contributed by atoms with Crippen LogP contribution in [0.25, 0.3) is 0 Å². The van der Waals surface area contributed by atoms with Crippen molar-refractivity contribution >= 4 is 33.2 Å². The Morgan fingerprint density at radius 2 is 1.94 bits per heavy atom. The number of nitrogens with one attached hydrogen (secondary N) is 2. The zero-order valence-electron chi connectivity index (χ0n) is 16.9. The number of sulfonamides is 1. The molecule has 164 valence electrons. The summed E-state index contributed by atoms with van der Waals surface area (Å²) in [6.45, 7) is 1.96. The van der Waals surface area contributed by atoms with Gasteiger partial charge in [-0.1, -0.05) is 0 Å². The van der Waals surface area contributed by atoms with Crippen LogP contribution in [0, 0.1) is 18.7 Å². The molecule has 0 bridgehead atoms. The maximum atomic E-state index is 13.2. The van der Waals surface area contributed by atoms with Crippen LogP contribution in [-0.2, 0) is 19.6 Å². The summed E-state index contributed by atoms with van der Waals surface area (Å²) in [6.07, 6.45) is 0.756. The highest BCUT2D eigenvalue weighted by Gasteiger charge is 2.33. The Morgan fingerprint density at radius 3 is 2.65 bits per heavy atom. The van der Waals surface area contributed by atoms with Crippen LogP contribution < -0.4 is 15.4 Å². The van der Waals surface area contributed by atoms with Gasteiger partial charge < -0.3 is 15.4 Å². The number of benzene rings is 2. The van der Waals surface area contributed by atoms with Crippen molar-refractivity contribution in [2.45, 2.75) is 24.7 Å². The van der Waals surface area contributed by atoms with Gasteiger partial charge in [0.2, 0.25) is 15.9 Å². The molecule has 2 aliphatic rings. The van der Waals surface area contributed by atoms with Gasteiger partial charge in [-0.25, -0.2) is 12.8 Å². The van der Waals surface area contributed by atoms with Crippen molar-refractivity contribution in [3.63, 3.8) is 0 Å². The molecule has 2 amide bonds. The number of ether oxygens (including phenoxy) is 1. The van der Waals surface area contributed by atoms with Crippen LogP contribution in [-0.4, -0.2) is 44.2 Å². The molecule has 0 unspecified atom stereocenters. The van der Waals surface area contributed by atoms with E-state index in [0.29, 0.717) is 35.5 Å². The third-order valence-corrected chi connectivity index (χ3v) is 7.39. The number of rotatable bonds is 4. The van der Waals surface area contributed by atoms with E-state index < -0.39 is 10.0 Å². The summed E-state index contributed by atoms with van der Waals surface area (Å²) in [6, 6.07) is 8.48. The average molecular weight is 447 g/mol. The molecular weight excluding hydrogens is 425 g/mol. The van der Waals surface area contributed by atoms with E-state index in [2.05, 4.69) is 10.6 Å². The van der Waals surface area contributed by atoms with E-state index in [1.54, 1.807) is 6.92 Å². The summed E-state index contributed by atoms with van der Waals surface area (Å²) in [5.74, 6) is -0.893. The second-order valence-corrected chi connectivity index (χ2v) is 9.56. The van der Waals surface area contributed by atoms with E-state index >= 15 is 0 Å². The van der Waals surface area contributed by atoms with Gasteiger partial charge in [0.25, 0.3) is 5.91 Å². The van der Waals surface area contributed by atoms with E-state index in [9.17, 15) is 22.4 Å². The summed E-state index contributed by atoms with van der Waals surface area (Å²) in [5.41, 5.74) is 1.60. The molecule has 0 atom stereocenters. The Morgan fingerprint density at radius 1 is 1.19 bits per heavy atom. The molecule has 0 spiro atoms. The van der Waals surface area contributed by atoms with Gasteiger partial charge >= 0.3 is 0 Å². The van der Waals surface area contributed by atoms with Crippen LogP contribution in [0.5, 0.6) is 5.75 Å². The number of carbonyl (C=O) groups is 2. The number of anilines is 2. The fourth-order valence-corrected chi connectivity index (χ4v) is 5.21. The van der Waals surface area contributed by atoms with Crippen molar-refractivity contribution in [2.24, 2.45) is 5.92 Å². The molecule has 10 heteroatoms. The number of halogens is 1. The first-order valence-electron chi connectivity index (χ1n) is 9.88. The molecule has 0 aliphatic carbocycles. The number of fused-ring (bicyclic) bond motifs is 1. The zero-order chi connectivity index (χ0) is 22.2. The molecule has 31 heavy (non-hydrogen) atoms. The maximum Gasteiger partial charge on any atom is 0.262 e. The molecule has 0 radical (unpaired) electrons. The van der Waals surface area contributed by atoms with Crippen LogP contribution in [0.4, 0.5) is 15.8 Å². The third-order valence-electron chi connectivity index (χ3n) is 5.49. The second kappa shape index (κ2) is 8.27. The molecule has 0 aromatic heterocycles. The molecule has 2 aromatic carbocycles. The molecule has 2 aromatic rings. The fraction of sp³-hybridized carbons (Fsp3) is 0.333. The second-order valence-electron chi connectivity index (χ2n) is 7.62. The van der Waals surface area contributed by atoms with Gasteiger partial charge in [0, 0.05) is 30.8 Å². The van der Waals surface area contributed by atoms with Gasteiger partial charge in [-0.15, -0.1) is 0 Å². The first-order chi connectivity index (χ1) is 14.7. The van der Waals surface area contributed by atoms with E-state index in [1.165, 1.54) is 40.7 Å². The Hall–Kier alpha value is -2.98. The standard InChI is InChI=1S/C21H22FN3O5S/c1-13-10-15(22)2-4-17(13)24-21(27)14-6-8-25(9-7-14)31(28,29)16-3-5-18-19(11-16)30-12-20(26)23-18/h2-5,10-11,14H,6-9,12H2,1H3,(H,23,26)(H,24,27). The van der Waals surface area contributed by atoms with Crippen molar-refractivity contribution in [1.29, 1.82) is 0 Å². The zero-order valence-corrected chi connectivity index (χ0v) is 17.7. The maximum absolute atomic E-state index is 13.2. The number of nitrogens with zero attached hydrogens (tertiary/aromatic N) is 1. The third kappa shape index (κ3) is 4.40. The lowest BCUT2D eigenvalue weighted by atomic mass is 9.97. The molecule has 8 nitrogen and oxygen atoms in total. The Bertz CT molecular complexity index is 1140. The van der Waals surface area contributed by atoms with E-state index in [1.807, 2.05) is 0 Å². The number of carbonyl (C=O) groups excluding carboxylic acids is 2. The minimum absolute atomic E-state index is 0.0761. The SMILES string of the molecule is Cc1cc(F)ccc1NC(=O)C1CCN(S(=O)(=O)c2ccc3c(c2)OCC(=O)N3)CC1. The van der Waals surface area contributed by atoms with Gasteiger partial charge in [-0.05, 0) is 55.7 Å². The molecule has 2 aliphatic heterocycles. The average Bonchev–Trinajstić information content (AvgIpc) is 2.75. The first kappa shape index (κ1) is 21.3. The van der Waals surface area contributed by atoms with Gasteiger partial charge in [-0.2, -0.15) is 4.31 Å². The number of hydrogen-bond acceptors (Lipinski definition) is 5. The quantitative estimate of drug-likeness (QED) is 0.749. The normalized spacial score (nSPS) is 17.4. The number of hydrogen-bond donors (Lipinski definition) is 2. The molecule has 2 N–H and O–H groups in total. The van der Waals surface area contributed by atoms with E-state index in [4.69, 9.17) is 4.74 Å². The van der Waals surface area contributed by atoms with Crippen LogP contribution in [0.2, 0.25) is 0 Å². The lowest BCUT2D eigenvalue weighted by Crippen LogP contribution is -2.41. The van der Waals surface area contributed by atoms with Gasteiger partial charge in [-0.3, -0.25) is 9.59 Å². The van der Waals surface area contributed by atoms with Crippen molar-refractivity contribution in [3.05, 3.63) is 47.8 Å². The number of amides is 2. The summed E-state index contributed by atoms with van der Waals surface area (Å²) in [7, 11) is -3.76. The highest BCUT2D eigenvalue weighted by molar-refractivity contribution is 7.89.